The van der Waals surface area contributed by atoms with Gasteiger partial charge < -0.3 is 46.8 Å². The van der Waals surface area contributed by atoms with Gasteiger partial charge in [0, 0.05) is 18.3 Å². The molecule has 3 rings (SSSR count). The van der Waals surface area contributed by atoms with Crippen molar-refractivity contribution in [1.82, 2.24) is 10.6 Å². The average molecular weight is 545 g/mol. The van der Waals surface area contributed by atoms with Crippen LogP contribution >= 0.6 is 0 Å². The number of urea groups is 1. The number of nitrogens with one attached hydrogen (secondary N) is 3. The Hall–Kier alpha value is -3.71. The molecule has 12 nitrogen and oxygen atoms in total. The molecular formula is C27H36N4O8. The number of carbonyl (C=O) groups is 3. The Labute approximate surface area is 226 Å². The molecule has 0 radical (unpaired) electrons. The number of hydrogen-bond acceptors (Lipinski definition) is 10. The van der Waals surface area contributed by atoms with E-state index < -0.39 is 59.8 Å². The maximum Gasteiger partial charge on any atom is 0.342 e. The molecule has 2 aromatic rings. The lowest BCUT2D eigenvalue weighted by molar-refractivity contribution is -0.172. The summed E-state index contributed by atoms with van der Waals surface area (Å²) in [6, 6.07) is 7.53. The Balaban J connectivity index is 2.07. The van der Waals surface area contributed by atoms with Crippen LogP contribution in [0.4, 0.5) is 10.5 Å². The first-order valence-electron chi connectivity index (χ1n) is 12.5. The number of benzene rings is 2. The van der Waals surface area contributed by atoms with Crippen LogP contribution < -0.4 is 21.7 Å². The highest BCUT2D eigenvalue weighted by atomic mass is 16.5. The van der Waals surface area contributed by atoms with Crippen LogP contribution in [0, 0.1) is 6.92 Å². The van der Waals surface area contributed by atoms with E-state index in [9.17, 15) is 34.8 Å². The summed E-state index contributed by atoms with van der Waals surface area (Å²) in [5.74, 6) is -1.79. The molecular weight excluding hydrogens is 508 g/mol. The predicted octanol–water partition coefficient (Wildman–Crippen LogP) is 0.414. The number of nitrogens with two attached hydrogens (primary N) is 1. The summed E-state index contributed by atoms with van der Waals surface area (Å²) in [7, 11) is 1.38. The second-order valence-corrected chi connectivity index (χ2v) is 9.88. The second-order valence-electron chi connectivity index (χ2n) is 9.88. The van der Waals surface area contributed by atoms with Crippen molar-refractivity contribution in [3.63, 3.8) is 0 Å². The van der Waals surface area contributed by atoms with Crippen LogP contribution in [0.2, 0.25) is 0 Å². The van der Waals surface area contributed by atoms with Crippen molar-refractivity contribution in [2.24, 2.45) is 5.73 Å². The van der Waals surface area contributed by atoms with E-state index in [1.54, 1.807) is 38.1 Å². The van der Waals surface area contributed by atoms with Gasteiger partial charge in [-0.15, -0.1) is 0 Å². The minimum Gasteiger partial charge on any atom is -0.507 e. The Morgan fingerprint density at radius 3 is 2.38 bits per heavy atom. The summed E-state index contributed by atoms with van der Waals surface area (Å²) in [5, 5.41) is 51.6. The molecule has 9 N–H and O–H groups in total. The zero-order valence-corrected chi connectivity index (χ0v) is 22.3. The number of amides is 2. The van der Waals surface area contributed by atoms with Crippen LogP contribution in [0.3, 0.4) is 0 Å². The fourth-order valence-electron chi connectivity index (χ4n) is 5.39. The molecule has 1 aliphatic rings. The van der Waals surface area contributed by atoms with E-state index in [1.807, 2.05) is 0 Å². The van der Waals surface area contributed by atoms with Crippen LogP contribution in [0.15, 0.2) is 42.5 Å². The molecule has 2 aromatic carbocycles. The third kappa shape index (κ3) is 5.03. The number of hydrogen-bond donors (Lipinski definition) is 8. The summed E-state index contributed by atoms with van der Waals surface area (Å²) < 4.78 is 5.46. The van der Waals surface area contributed by atoms with Crippen molar-refractivity contribution in [3.8, 4) is 5.75 Å². The molecule has 1 aliphatic carbocycles. The quantitative estimate of drug-likeness (QED) is 0.161. The lowest BCUT2D eigenvalue weighted by Gasteiger charge is -2.46. The topological polar surface area (TPSA) is 203 Å². The van der Waals surface area contributed by atoms with Gasteiger partial charge in [0.05, 0.1) is 17.6 Å². The van der Waals surface area contributed by atoms with E-state index in [-0.39, 0.29) is 23.3 Å². The largest absolute Gasteiger partial charge is 0.507 e. The molecule has 0 spiro atoms. The normalized spacial score (nSPS) is 28.0. The van der Waals surface area contributed by atoms with Crippen molar-refractivity contribution >= 4 is 23.5 Å². The summed E-state index contributed by atoms with van der Waals surface area (Å²) in [6.07, 6.45) is 0.0741. The first-order chi connectivity index (χ1) is 18.3. The standard InChI is InChI=1S/C27H36N4O8/c1-5-26(31-24(36)29-4)21(28)22(30-17-10-7-9-16(12-17)19(34)13-32)27(38,25(26,3)37)14-39-23(35)20-15(2)8-6-11-18(20)33/h6-12,21-22,30,32-33,37-38H,5,13-14,28H2,1-4H3,(H2,29,31,36). The van der Waals surface area contributed by atoms with Crippen LogP contribution in [-0.4, -0.2) is 87.3 Å². The molecule has 0 aliphatic heterocycles. The monoisotopic (exact) mass is 544 g/mol. The van der Waals surface area contributed by atoms with Gasteiger partial charge in [0.15, 0.2) is 11.4 Å². The first-order valence-corrected chi connectivity index (χ1v) is 12.5. The SMILES string of the molecule is CCC1(NC(=O)NC)C(N)C(Nc2cccc(C(=O)CO)c2)C(O)(COC(=O)c2c(C)cccc2O)C1(C)O. The first kappa shape index (κ1) is 29.8. The van der Waals surface area contributed by atoms with Gasteiger partial charge in [-0.3, -0.25) is 4.79 Å². The molecule has 2 amide bonds. The van der Waals surface area contributed by atoms with Gasteiger partial charge in [-0.05, 0) is 44.0 Å². The van der Waals surface area contributed by atoms with Crippen LogP contribution in [0.25, 0.3) is 0 Å². The molecule has 5 unspecified atom stereocenters. The molecule has 12 heteroatoms. The maximum absolute atomic E-state index is 13.0. The third-order valence-electron chi connectivity index (χ3n) is 7.80. The lowest BCUT2D eigenvalue weighted by atomic mass is 9.74. The Bertz CT molecular complexity index is 1230. The number of carbonyl (C=O) groups excluding carboxylic acids is 3. The van der Waals surface area contributed by atoms with Crippen molar-refractivity contribution in [1.29, 1.82) is 0 Å². The number of phenols is 1. The summed E-state index contributed by atoms with van der Waals surface area (Å²) in [6.45, 7) is 3.09. The molecule has 0 aromatic heterocycles. The number of anilines is 1. The third-order valence-corrected chi connectivity index (χ3v) is 7.80. The molecule has 0 heterocycles. The second kappa shape index (κ2) is 11.2. The zero-order chi connectivity index (χ0) is 29.2. The van der Waals surface area contributed by atoms with Gasteiger partial charge in [0.2, 0.25) is 0 Å². The fraction of sp³-hybridized carbons (Fsp3) is 0.444. The average Bonchev–Trinajstić information content (AvgIpc) is 3.02. The Morgan fingerprint density at radius 2 is 1.79 bits per heavy atom. The van der Waals surface area contributed by atoms with Gasteiger partial charge in [0.1, 0.15) is 30.1 Å². The predicted molar refractivity (Wildman–Crippen MR) is 143 cm³/mol. The molecule has 39 heavy (non-hydrogen) atoms. The van der Waals surface area contributed by atoms with Crippen LogP contribution in [-0.2, 0) is 4.74 Å². The highest BCUT2D eigenvalue weighted by molar-refractivity contribution is 5.97. The number of Topliss-reactive ketones (excluding diaryl/α,β-unsaturated/α-hetero) is 1. The number of esters is 1. The summed E-state index contributed by atoms with van der Waals surface area (Å²) in [4.78, 5) is 37.5. The van der Waals surface area contributed by atoms with E-state index in [2.05, 4.69) is 16.0 Å². The van der Waals surface area contributed by atoms with E-state index in [4.69, 9.17) is 10.5 Å². The minimum atomic E-state index is -2.30. The fourth-order valence-corrected chi connectivity index (χ4v) is 5.39. The number of phenolic OH excluding ortho intramolecular Hbond substituents is 1. The van der Waals surface area contributed by atoms with Crippen molar-refractivity contribution < 1.29 is 39.5 Å². The van der Waals surface area contributed by atoms with Gasteiger partial charge in [0.25, 0.3) is 0 Å². The van der Waals surface area contributed by atoms with Crippen molar-refractivity contribution in [3.05, 3.63) is 59.2 Å². The number of aryl methyl sites for hydroxylation is 1. The van der Waals surface area contributed by atoms with Gasteiger partial charge in [-0.1, -0.05) is 31.2 Å². The maximum atomic E-state index is 13.0. The summed E-state index contributed by atoms with van der Waals surface area (Å²) in [5.41, 5.74) is 1.40. The van der Waals surface area contributed by atoms with Crippen LogP contribution in [0.1, 0.15) is 46.5 Å². The number of rotatable bonds is 9. The zero-order valence-electron chi connectivity index (χ0n) is 22.3. The van der Waals surface area contributed by atoms with Gasteiger partial charge >= 0.3 is 12.0 Å². The molecule has 0 saturated heterocycles. The number of ether oxygens (including phenoxy) is 1. The van der Waals surface area contributed by atoms with E-state index >= 15 is 0 Å². The Morgan fingerprint density at radius 1 is 1.13 bits per heavy atom. The number of aliphatic hydroxyl groups excluding tert-OH is 1. The van der Waals surface area contributed by atoms with Crippen LogP contribution in [0.5, 0.6) is 5.75 Å². The molecule has 1 fully saturated rings. The lowest BCUT2D eigenvalue weighted by Crippen LogP contribution is -2.72. The van der Waals surface area contributed by atoms with E-state index in [0.717, 1.165) is 0 Å². The number of aromatic hydroxyl groups is 1. The van der Waals surface area contributed by atoms with E-state index in [1.165, 1.54) is 32.2 Å². The van der Waals surface area contributed by atoms with Crippen molar-refractivity contribution in [2.45, 2.75) is 56.0 Å². The minimum absolute atomic E-state index is 0.0741. The summed E-state index contributed by atoms with van der Waals surface area (Å²) >= 11 is 0. The van der Waals surface area contributed by atoms with Crippen molar-refractivity contribution in [2.75, 3.05) is 25.6 Å². The smallest absolute Gasteiger partial charge is 0.342 e. The van der Waals surface area contributed by atoms with Gasteiger partial charge in [-0.25, -0.2) is 9.59 Å². The molecule has 0 bridgehead atoms. The molecule has 1 saturated carbocycles. The van der Waals surface area contributed by atoms with E-state index in [0.29, 0.717) is 11.3 Å². The highest BCUT2D eigenvalue weighted by Crippen LogP contribution is 2.49. The molecule has 212 valence electrons. The number of ketones is 1. The highest BCUT2D eigenvalue weighted by Gasteiger charge is 2.73. The number of aliphatic hydroxyl groups is 3. The molecule has 5 atom stereocenters. The Kier molecular flexibility index (Phi) is 8.56. The van der Waals surface area contributed by atoms with Gasteiger partial charge in [-0.2, -0.15) is 0 Å².